The third-order valence-electron chi connectivity index (χ3n) is 2.85. The molecule has 3 rings (SSSR count). The molecule has 0 aliphatic carbocycles. The van der Waals surface area contributed by atoms with E-state index in [0.29, 0.717) is 18.1 Å². The minimum atomic E-state index is -0.260. The van der Waals surface area contributed by atoms with E-state index in [0.717, 1.165) is 12.8 Å². The number of aliphatic hydroxyl groups excluding tert-OH is 2. The standard InChI is InChI=1S/C12H13NO3.C5H5ClO3.CH3.K/c14-12-9-15-11(8-16-12)7-13-6-10-4-2-1-3-5-10;6-1-4-2-9-5(7)3-8-4;;/h1-5,8-9,13-14H,6-7H2;2-3,7H,1H2;1H3;/q;;-1;+1. The van der Waals surface area contributed by atoms with Crippen LogP contribution in [0.1, 0.15) is 5.56 Å². The largest absolute Gasteiger partial charge is 1.00 e. The van der Waals surface area contributed by atoms with Crippen LogP contribution < -0.4 is 56.7 Å². The van der Waals surface area contributed by atoms with Gasteiger partial charge in [-0.3, -0.25) is 0 Å². The zero-order valence-corrected chi connectivity index (χ0v) is 19.1. The van der Waals surface area contributed by atoms with Crippen LogP contribution in [-0.2, 0) is 25.5 Å². The van der Waals surface area contributed by atoms with E-state index >= 15 is 0 Å². The van der Waals surface area contributed by atoms with Gasteiger partial charge in [0.1, 0.15) is 12.5 Å². The molecule has 0 saturated heterocycles. The Morgan fingerprint density at radius 2 is 1.33 bits per heavy atom. The average Bonchev–Trinajstić information content (AvgIpc) is 2.65. The zero-order valence-electron chi connectivity index (χ0n) is 15.2. The summed E-state index contributed by atoms with van der Waals surface area (Å²) in [6, 6.07) is 10.1. The van der Waals surface area contributed by atoms with Crippen LogP contribution in [0.5, 0.6) is 0 Å². The summed E-state index contributed by atoms with van der Waals surface area (Å²) in [6.45, 7) is 1.32. The van der Waals surface area contributed by atoms with E-state index in [-0.39, 0.29) is 76.6 Å². The van der Waals surface area contributed by atoms with E-state index in [1.54, 1.807) is 0 Å². The topological polar surface area (TPSA) is 89.4 Å². The first-order chi connectivity index (χ1) is 12.2. The van der Waals surface area contributed by atoms with E-state index in [4.69, 9.17) is 36.0 Å². The van der Waals surface area contributed by atoms with Gasteiger partial charge < -0.3 is 41.9 Å². The van der Waals surface area contributed by atoms with Crippen molar-refractivity contribution in [2.45, 2.75) is 6.54 Å². The fourth-order valence-electron chi connectivity index (χ4n) is 1.69. The number of nitrogens with one attached hydrogen (secondary N) is 1. The first-order valence-electron chi connectivity index (χ1n) is 7.31. The van der Waals surface area contributed by atoms with Crippen molar-refractivity contribution in [1.82, 2.24) is 5.32 Å². The fraction of sp³-hybridized carbons (Fsp3) is 0.167. The predicted molar refractivity (Wildman–Crippen MR) is 97.2 cm³/mol. The molecule has 0 amide bonds. The number of ether oxygens (including phenoxy) is 4. The molecular weight excluding hydrogens is 401 g/mol. The molecule has 0 unspecified atom stereocenters. The zero-order chi connectivity index (χ0) is 17.9. The first-order valence-corrected chi connectivity index (χ1v) is 7.84. The number of benzene rings is 1. The Labute approximate surface area is 206 Å². The maximum absolute atomic E-state index is 8.88. The van der Waals surface area contributed by atoms with E-state index in [9.17, 15) is 0 Å². The molecule has 1 aromatic carbocycles. The number of allylic oxidation sites excluding steroid dienone is 1. The quantitative estimate of drug-likeness (QED) is 0.370. The minimum Gasteiger partial charge on any atom is -0.478 e. The third kappa shape index (κ3) is 10.7. The van der Waals surface area contributed by atoms with Crippen molar-refractivity contribution in [2.75, 3.05) is 12.4 Å². The van der Waals surface area contributed by atoms with Gasteiger partial charge in [0, 0.05) is 6.54 Å². The summed E-state index contributed by atoms with van der Waals surface area (Å²) < 4.78 is 19.1. The number of halogens is 1. The third-order valence-corrected chi connectivity index (χ3v) is 3.11. The second-order valence-corrected chi connectivity index (χ2v) is 5.04. The van der Waals surface area contributed by atoms with Gasteiger partial charge in [-0.1, -0.05) is 30.3 Å². The van der Waals surface area contributed by atoms with Crippen LogP contribution in [0.3, 0.4) is 0 Å². The molecule has 2 aliphatic heterocycles. The van der Waals surface area contributed by atoms with E-state index in [1.807, 2.05) is 30.3 Å². The second-order valence-electron chi connectivity index (χ2n) is 4.77. The van der Waals surface area contributed by atoms with Crippen molar-refractivity contribution in [2.24, 2.45) is 0 Å². The summed E-state index contributed by atoms with van der Waals surface area (Å²) in [5.74, 6) is 0.864. The molecule has 0 aromatic heterocycles. The summed E-state index contributed by atoms with van der Waals surface area (Å²) in [5, 5.41) is 20.6. The van der Waals surface area contributed by atoms with Gasteiger partial charge in [0.05, 0.1) is 12.4 Å². The van der Waals surface area contributed by atoms with Crippen molar-refractivity contribution < 1.29 is 80.5 Å². The first kappa shape index (κ1) is 25.9. The molecule has 0 radical (unpaired) electrons. The summed E-state index contributed by atoms with van der Waals surface area (Å²) in [4.78, 5) is 0. The van der Waals surface area contributed by atoms with Crippen molar-refractivity contribution in [3.63, 3.8) is 0 Å². The summed E-state index contributed by atoms with van der Waals surface area (Å²) in [6.07, 6.45) is 4.88. The second kappa shape index (κ2) is 14.9. The molecule has 0 atom stereocenters. The molecule has 2 aliphatic rings. The number of alkyl halides is 1. The molecular formula is C18H21ClKNO6. The minimum absolute atomic E-state index is 0. The van der Waals surface area contributed by atoms with Crippen LogP contribution in [0.4, 0.5) is 0 Å². The molecule has 3 N–H and O–H groups in total. The smallest absolute Gasteiger partial charge is 0.478 e. The Kier molecular flexibility index (Phi) is 14.2. The fourth-order valence-corrected chi connectivity index (χ4v) is 1.81. The van der Waals surface area contributed by atoms with Crippen LogP contribution in [0.25, 0.3) is 0 Å². The Morgan fingerprint density at radius 3 is 1.81 bits per heavy atom. The Bertz CT molecular complexity index is 676. The molecule has 7 nitrogen and oxygen atoms in total. The van der Waals surface area contributed by atoms with Gasteiger partial charge in [0.2, 0.25) is 0 Å². The van der Waals surface area contributed by atoms with Crippen LogP contribution >= 0.6 is 11.6 Å². The molecule has 0 spiro atoms. The summed E-state index contributed by atoms with van der Waals surface area (Å²) >= 11 is 5.34. The van der Waals surface area contributed by atoms with E-state index < -0.39 is 0 Å². The number of aliphatic hydroxyl groups is 2. The van der Waals surface area contributed by atoms with Gasteiger partial charge >= 0.3 is 63.3 Å². The normalized spacial score (nSPS) is 14.3. The molecule has 1 aromatic rings. The molecule has 0 bridgehead atoms. The number of rotatable bonds is 5. The Hall–Kier alpha value is -1.13. The maximum atomic E-state index is 8.88. The van der Waals surface area contributed by atoms with Gasteiger partial charge in [-0.05, 0) is 5.56 Å². The summed E-state index contributed by atoms with van der Waals surface area (Å²) in [5.41, 5.74) is 1.21. The molecule has 9 heteroatoms. The van der Waals surface area contributed by atoms with Crippen molar-refractivity contribution in [1.29, 1.82) is 0 Å². The van der Waals surface area contributed by atoms with Gasteiger partial charge in [0.25, 0.3) is 0 Å². The maximum Gasteiger partial charge on any atom is 1.00 e. The molecule has 0 saturated carbocycles. The van der Waals surface area contributed by atoms with E-state index in [2.05, 4.69) is 10.1 Å². The average molecular weight is 422 g/mol. The van der Waals surface area contributed by atoms with E-state index in [1.165, 1.54) is 24.3 Å². The number of hydrogen-bond donors (Lipinski definition) is 3. The van der Waals surface area contributed by atoms with Gasteiger partial charge in [-0.15, -0.1) is 11.6 Å². The van der Waals surface area contributed by atoms with Crippen molar-refractivity contribution in [3.05, 3.63) is 91.8 Å². The van der Waals surface area contributed by atoms with Gasteiger partial charge in [-0.25, -0.2) is 0 Å². The SMILES string of the molecule is OC1=COC(CCl)=CO1.OC1=COC(CNCc2ccccc2)=CO1.[CH3-].[K+]. The van der Waals surface area contributed by atoms with Crippen LogP contribution in [0.2, 0.25) is 0 Å². The van der Waals surface area contributed by atoms with Crippen molar-refractivity contribution >= 4 is 11.6 Å². The predicted octanol–water partition coefficient (Wildman–Crippen LogP) is 0.946. The molecule has 142 valence electrons. The van der Waals surface area contributed by atoms with Crippen LogP contribution in [-0.4, -0.2) is 22.6 Å². The molecule has 2 heterocycles. The molecule has 27 heavy (non-hydrogen) atoms. The summed E-state index contributed by atoms with van der Waals surface area (Å²) in [7, 11) is 0. The number of hydrogen-bond acceptors (Lipinski definition) is 7. The Balaban J connectivity index is 0.000000532. The van der Waals surface area contributed by atoms with Crippen molar-refractivity contribution in [3.8, 4) is 0 Å². The van der Waals surface area contributed by atoms with Crippen LogP contribution in [0.15, 0.2) is 78.8 Å². The monoisotopic (exact) mass is 421 g/mol. The van der Waals surface area contributed by atoms with Gasteiger partial charge in [0.15, 0.2) is 24.0 Å². The Morgan fingerprint density at radius 1 is 0.778 bits per heavy atom. The van der Waals surface area contributed by atoms with Gasteiger partial charge in [-0.2, -0.15) is 0 Å². The molecule has 0 fully saturated rings. The van der Waals surface area contributed by atoms with Crippen LogP contribution in [0, 0.1) is 7.43 Å².